The molecule has 0 aromatic heterocycles. The smallest absolute Gasteiger partial charge is 0.225 e. The molecule has 0 amide bonds. The van der Waals surface area contributed by atoms with E-state index in [9.17, 15) is 8.42 Å². The molecule has 0 radical (unpaired) electrons. The van der Waals surface area contributed by atoms with Gasteiger partial charge in [-0.1, -0.05) is 0 Å². The first-order valence-electron chi connectivity index (χ1n) is 4.18. The van der Waals surface area contributed by atoms with Crippen molar-refractivity contribution in [1.82, 2.24) is 4.72 Å². The average Bonchev–Trinajstić information content (AvgIpc) is 2.51. The molecule has 2 atom stereocenters. The summed E-state index contributed by atoms with van der Waals surface area (Å²) in [7, 11) is -1.72. The van der Waals surface area contributed by atoms with Crippen molar-refractivity contribution >= 4 is 21.6 Å². The summed E-state index contributed by atoms with van der Waals surface area (Å²) in [6, 6.07) is -0.103. The van der Waals surface area contributed by atoms with Gasteiger partial charge in [0, 0.05) is 13.2 Å². The third kappa shape index (κ3) is 3.09. The predicted molar refractivity (Wildman–Crippen MR) is 51.2 cm³/mol. The van der Waals surface area contributed by atoms with Gasteiger partial charge in [0.15, 0.2) is 0 Å². The van der Waals surface area contributed by atoms with Gasteiger partial charge in [-0.05, 0) is 19.3 Å². The molecule has 1 N–H and O–H groups in total. The number of hydrogen-bond acceptors (Lipinski definition) is 3. The first kappa shape index (κ1) is 11.2. The van der Waals surface area contributed by atoms with E-state index < -0.39 is 10.0 Å². The standard InChI is InChI=1S/C7H14ClNO3S/c1-12-7-4-2-3-6(7)9-13(10,11)5-8/h6-7,9H,2-5H2,1H3. The van der Waals surface area contributed by atoms with Gasteiger partial charge in [-0.2, -0.15) is 0 Å². The monoisotopic (exact) mass is 227 g/mol. The maximum atomic E-state index is 11.1. The molecule has 0 aromatic rings. The Hall–Kier alpha value is 0.160. The van der Waals surface area contributed by atoms with Crippen molar-refractivity contribution in [2.75, 3.05) is 12.3 Å². The van der Waals surface area contributed by atoms with Gasteiger partial charge >= 0.3 is 0 Å². The van der Waals surface area contributed by atoms with Crippen LogP contribution in [0.2, 0.25) is 0 Å². The van der Waals surface area contributed by atoms with Crippen LogP contribution in [0.25, 0.3) is 0 Å². The molecule has 0 heterocycles. The summed E-state index contributed by atoms with van der Waals surface area (Å²) in [5, 5.41) is -0.389. The highest BCUT2D eigenvalue weighted by Gasteiger charge is 2.30. The van der Waals surface area contributed by atoms with Gasteiger partial charge in [0.1, 0.15) is 5.21 Å². The Kier molecular flexibility index (Phi) is 3.97. The van der Waals surface area contributed by atoms with Crippen molar-refractivity contribution < 1.29 is 13.2 Å². The van der Waals surface area contributed by atoms with Gasteiger partial charge in [-0.15, -0.1) is 11.6 Å². The average molecular weight is 228 g/mol. The molecule has 0 bridgehead atoms. The Labute approximate surface area is 83.7 Å². The zero-order valence-corrected chi connectivity index (χ0v) is 9.07. The summed E-state index contributed by atoms with van der Waals surface area (Å²) in [5.41, 5.74) is 0. The molecule has 1 aliphatic carbocycles. The molecule has 2 unspecified atom stereocenters. The Balaban J connectivity index is 2.53. The van der Waals surface area contributed by atoms with E-state index >= 15 is 0 Å². The zero-order chi connectivity index (χ0) is 9.90. The third-order valence-electron chi connectivity index (χ3n) is 2.23. The summed E-state index contributed by atoms with van der Waals surface area (Å²) in [4.78, 5) is 0. The lowest BCUT2D eigenvalue weighted by Gasteiger charge is -2.18. The maximum absolute atomic E-state index is 11.1. The Bertz CT molecular complexity index is 254. The highest BCUT2D eigenvalue weighted by Crippen LogP contribution is 2.22. The minimum Gasteiger partial charge on any atom is -0.380 e. The van der Waals surface area contributed by atoms with Crippen LogP contribution in [-0.4, -0.2) is 32.9 Å². The first-order valence-corrected chi connectivity index (χ1v) is 6.36. The molecule has 1 rings (SSSR count). The normalized spacial score (nSPS) is 29.4. The van der Waals surface area contributed by atoms with Crippen molar-refractivity contribution in [2.45, 2.75) is 31.4 Å². The van der Waals surface area contributed by atoms with Crippen molar-refractivity contribution in [3.63, 3.8) is 0 Å². The van der Waals surface area contributed by atoms with E-state index in [0.29, 0.717) is 0 Å². The van der Waals surface area contributed by atoms with Gasteiger partial charge in [-0.25, -0.2) is 13.1 Å². The van der Waals surface area contributed by atoms with Crippen LogP contribution in [0.4, 0.5) is 0 Å². The lowest BCUT2D eigenvalue weighted by molar-refractivity contribution is 0.0917. The van der Waals surface area contributed by atoms with Gasteiger partial charge in [0.25, 0.3) is 0 Å². The second-order valence-electron chi connectivity index (χ2n) is 3.15. The highest BCUT2D eigenvalue weighted by molar-refractivity contribution is 7.90. The molecular weight excluding hydrogens is 214 g/mol. The molecule has 0 aliphatic heterocycles. The van der Waals surface area contributed by atoms with Gasteiger partial charge in [0.05, 0.1) is 6.10 Å². The molecular formula is C7H14ClNO3S. The van der Waals surface area contributed by atoms with Crippen LogP contribution in [0.1, 0.15) is 19.3 Å². The van der Waals surface area contributed by atoms with Crippen molar-refractivity contribution in [3.05, 3.63) is 0 Å². The molecule has 0 aromatic carbocycles. The number of sulfonamides is 1. The minimum absolute atomic E-state index is 0.00186. The lowest BCUT2D eigenvalue weighted by Crippen LogP contribution is -2.41. The van der Waals surface area contributed by atoms with Crippen LogP contribution in [-0.2, 0) is 14.8 Å². The number of hydrogen-bond donors (Lipinski definition) is 1. The topological polar surface area (TPSA) is 55.4 Å². The SMILES string of the molecule is COC1CCCC1NS(=O)(=O)CCl. The third-order valence-corrected chi connectivity index (χ3v) is 4.04. The number of halogens is 1. The fraction of sp³-hybridized carbons (Fsp3) is 1.00. The van der Waals surface area contributed by atoms with Crippen molar-refractivity contribution in [2.24, 2.45) is 0 Å². The van der Waals surface area contributed by atoms with Gasteiger partial charge in [-0.3, -0.25) is 0 Å². The second kappa shape index (κ2) is 4.59. The summed E-state index contributed by atoms with van der Waals surface area (Å²) < 4.78 is 29.9. The fourth-order valence-corrected chi connectivity index (χ4v) is 2.59. The Morgan fingerprint density at radius 1 is 1.54 bits per heavy atom. The predicted octanol–water partition coefficient (Wildman–Crippen LogP) is 0.670. The van der Waals surface area contributed by atoms with Crippen LogP contribution >= 0.6 is 11.6 Å². The molecule has 1 saturated carbocycles. The number of methoxy groups -OCH3 is 1. The summed E-state index contributed by atoms with van der Waals surface area (Å²) >= 11 is 5.27. The molecule has 6 heteroatoms. The Morgan fingerprint density at radius 2 is 2.23 bits per heavy atom. The lowest BCUT2D eigenvalue weighted by atomic mass is 10.2. The molecule has 78 valence electrons. The summed E-state index contributed by atoms with van der Waals surface area (Å²) in [5.74, 6) is 0. The molecule has 1 aliphatic rings. The molecule has 13 heavy (non-hydrogen) atoms. The first-order chi connectivity index (χ1) is 6.09. The van der Waals surface area contributed by atoms with Crippen LogP contribution in [0, 0.1) is 0 Å². The van der Waals surface area contributed by atoms with Crippen LogP contribution in [0.5, 0.6) is 0 Å². The number of nitrogens with one attached hydrogen (secondary N) is 1. The number of ether oxygens (including phenoxy) is 1. The maximum Gasteiger partial charge on any atom is 0.225 e. The summed E-state index contributed by atoms with van der Waals surface area (Å²) in [6.07, 6.45) is 2.73. The van der Waals surface area contributed by atoms with Crippen LogP contribution in [0.3, 0.4) is 0 Å². The Morgan fingerprint density at radius 3 is 2.77 bits per heavy atom. The largest absolute Gasteiger partial charge is 0.380 e. The second-order valence-corrected chi connectivity index (χ2v) is 5.49. The molecule has 0 spiro atoms. The number of alkyl halides is 1. The highest BCUT2D eigenvalue weighted by atomic mass is 35.5. The van der Waals surface area contributed by atoms with Gasteiger partial charge in [0.2, 0.25) is 10.0 Å². The van der Waals surface area contributed by atoms with E-state index in [0.717, 1.165) is 19.3 Å². The quantitative estimate of drug-likeness (QED) is 0.719. The van der Waals surface area contributed by atoms with Gasteiger partial charge < -0.3 is 4.74 Å². The number of rotatable bonds is 4. The van der Waals surface area contributed by atoms with E-state index in [1.807, 2.05) is 0 Å². The molecule has 1 fully saturated rings. The molecule has 4 nitrogen and oxygen atoms in total. The van der Waals surface area contributed by atoms with Crippen molar-refractivity contribution in [1.29, 1.82) is 0 Å². The molecule has 0 saturated heterocycles. The van der Waals surface area contributed by atoms with E-state index in [1.165, 1.54) is 0 Å². The minimum atomic E-state index is -3.31. The van der Waals surface area contributed by atoms with E-state index in [-0.39, 0.29) is 17.4 Å². The summed E-state index contributed by atoms with van der Waals surface area (Å²) in [6.45, 7) is 0. The van der Waals surface area contributed by atoms with Crippen molar-refractivity contribution in [3.8, 4) is 0 Å². The van der Waals surface area contributed by atoms with Crippen LogP contribution in [0.15, 0.2) is 0 Å². The fourth-order valence-electron chi connectivity index (χ4n) is 1.61. The van der Waals surface area contributed by atoms with Crippen LogP contribution < -0.4 is 4.72 Å². The van der Waals surface area contributed by atoms with E-state index in [2.05, 4.69) is 4.72 Å². The zero-order valence-electron chi connectivity index (χ0n) is 7.49. The van der Waals surface area contributed by atoms with E-state index in [1.54, 1.807) is 7.11 Å². The van der Waals surface area contributed by atoms with E-state index in [4.69, 9.17) is 16.3 Å².